The molecule has 2 nitrogen and oxygen atoms in total. The van der Waals surface area contributed by atoms with Crippen LogP contribution in [0.5, 0.6) is 0 Å². The van der Waals surface area contributed by atoms with Gasteiger partial charge in [-0.1, -0.05) is 28.1 Å². The Kier molecular flexibility index (Phi) is 3.15. The Morgan fingerprint density at radius 1 is 1.38 bits per heavy atom. The van der Waals surface area contributed by atoms with E-state index >= 15 is 0 Å². The Labute approximate surface area is 104 Å². The third-order valence-electron chi connectivity index (χ3n) is 3.63. The maximum Gasteiger partial charge on any atom is 0.155 e. The summed E-state index contributed by atoms with van der Waals surface area (Å²) >= 11 is 3.35. The molecular formula is C13H15BrO2. The summed E-state index contributed by atoms with van der Waals surface area (Å²) in [5.74, 6) is 0.457. The fourth-order valence-electron chi connectivity index (χ4n) is 2.84. The summed E-state index contributed by atoms with van der Waals surface area (Å²) in [5, 5.41) is 0. The fourth-order valence-corrected chi connectivity index (χ4v) is 3.32. The van der Waals surface area contributed by atoms with Gasteiger partial charge in [-0.2, -0.15) is 0 Å². The first-order valence-electron chi connectivity index (χ1n) is 5.65. The molecule has 1 unspecified atom stereocenters. The highest BCUT2D eigenvalue weighted by molar-refractivity contribution is 9.11. The van der Waals surface area contributed by atoms with Crippen molar-refractivity contribution in [3.8, 4) is 0 Å². The Bertz CT molecular complexity index is 395. The van der Waals surface area contributed by atoms with E-state index in [9.17, 15) is 9.59 Å². The molecule has 0 aliphatic heterocycles. The Hall–Kier alpha value is -0.700. The van der Waals surface area contributed by atoms with Crippen LogP contribution in [0.1, 0.15) is 38.5 Å². The molecule has 0 spiro atoms. The molecule has 0 amide bonds. The summed E-state index contributed by atoms with van der Waals surface area (Å²) in [6.45, 7) is 3.84. The summed E-state index contributed by atoms with van der Waals surface area (Å²) in [4.78, 5) is 23.6. The van der Waals surface area contributed by atoms with Gasteiger partial charge in [0.05, 0.1) is 5.41 Å². The van der Waals surface area contributed by atoms with E-state index in [-0.39, 0.29) is 11.6 Å². The van der Waals surface area contributed by atoms with Crippen LogP contribution in [-0.4, -0.2) is 11.6 Å². The smallest absolute Gasteiger partial charge is 0.155 e. The van der Waals surface area contributed by atoms with Gasteiger partial charge in [-0.15, -0.1) is 0 Å². The van der Waals surface area contributed by atoms with E-state index in [1.807, 2.05) is 0 Å². The number of rotatable bonds is 2. The quantitative estimate of drug-likeness (QED) is 0.779. The molecule has 2 aliphatic carbocycles. The van der Waals surface area contributed by atoms with Gasteiger partial charge < -0.3 is 0 Å². The second kappa shape index (κ2) is 4.28. The highest BCUT2D eigenvalue weighted by Crippen LogP contribution is 2.49. The SMILES string of the molecule is C=C(Br)CC12CCC(=O)C=C1CCCC2=O. The molecule has 0 heterocycles. The van der Waals surface area contributed by atoms with Crippen LogP contribution in [0.3, 0.4) is 0 Å². The zero-order valence-corrected chi connectivity index (χ0v) is 10.8. The van der Waals surface area contributed by atoms with E-state index in [1.54, 1.807) is 6.08 Å². The van der Waals surface area contributed by atoms with Crippen molar-refractivity contribution in [2.45, 2.75) is 38.5 Å². The number of Topliss-reactive ketones (excluding diaryl/α,β-unsaturated/α-hetero) is 1. The van der Waals surface area contributed by atoms with Gasteiger partial charge in [-0.25, -0.2) is 0 Å². The first-order chi connectivity index (χ1) is 7.54. The van der Waals surface area contributed by atoms with Gasteiger partial charge in [0.15, 0.2) is 5.78 Å². The van der Waals surface area contributed by atoms with Gasteiger partial charge in [0, 0.05) is 12.8 Å². The van der Waals surface area contributed by atoms with E-state index in [2.05, 4.69) is 22.5 Å². The number of carbonyl (C=O) groups excluding carboxylic acids is 2. The van der Waals surface area contributed by atoms with Crippen LogP contribution in [0.4, 0.5) is 0 Å². The van der Waals surface area contributed by atoms with Crippen molar-refractivity contribution < 1.29 is 9.59 Å². The lowest BCUT2D eigenvalue weighted by Gasteiger charge is -2.40. The van der Waals surface area contributed by atoms with E-state index in [0.717, 1.165) is 22.9 Å². The highest BCUT2D eigenvalue weighted by Gasteiger charge is 2.45. The van der Waals surface area contributed by atoms with E-state index in [1.165, 1.54) is 0 Å². The summed E-state index contributed by atoms with van der Waals surface area (Å²) in [6.07, 6.45) is 5.93. The van der Waals surface area contributed by atoms with Gasteiger partial charge in [0.1, 0.15) is 5.78 Å². The maximum absolute atomic E-state index is 12.2. The van der Waals surface area contributed by atoms with Crippen molar-refractivity contribution in [1.82, 2.24) is 0 Å². The Balaban J connectivity index is 2.41. The number of fused-ring (bicyclic) bond motifs is 1. The number of hydrogen-bond acceptors (Lipinski definition) is 2. The topological polar surface area (TPSA) is 34.1 Å². The largest absolute Gasteiger partial charge is 0.299 e. The van der Waals surface area contributed by atoms with E-state index in [4.69, 9.17) is 0 Å². The second-order valence-electron chi connectivity index (χ2n) is 4.69. The summed E-state index contributed by atoms with van der Waals surface area (Å²) in [5.41, 5.74) is 0.632. The zero-order chi connectivity index (χ0) is 11.8. The third-order valence-corrected chi connectivity index (χ3v) is 3.91. The molecule has 86 valence electrons. The lowest BCUT2D eigenvalue weighted by molar-refractivity contribution is -0.129. The lowest BCUT2D eigenvalue weighted by atomic mass is 9.62. The van der Waals surface area contributed by atoms with Crippen molar-refractivity contribution in [3.05, 3.63) is 22.7 Å². The average Bonchev–Trinajstić information content (AvgIpc) is 2.20. The molecular weight excluding hydrogens is 268 g/mol. The molecule has 2 rings (SSSR count). The summed E-state index contributed by atoms with van der Waals surface area (Å²) in [6, 6.07) is 0. The second-order valence-corrected chi connectivity index (χ2v) is 5.81. The molecule has 3 heteroatoms. The molecule has 1 atom stereocenters. The van der Waals surface area contributed by atoms with Crippen LogP contribution in [0.25, 0.3) is 0 Å². The Morgan fingerprint density at radius 3 is 2.81 bits per heavy atom. The number of hydrogen-bond donors (Lipinski definition) is 0. The van der Waals surface area contributed by atoms with Crippen LogP contribution in [0.15, 0.2) is 22.7 Å². The minimum Gasteiger partial charge on any atom is -0.299 e. The molecule has 0 N–H and O–H groups in total. The molecule has 0 aromatic heterocycles. The predicted octanol–water partition coefficient (Wildman–Crippen LogP) is 3.31. The van der Waals surface area contributed by atoms with Gasteiger partial charge in [-0.05, 0) is 36.2 Å². The fraction of sp³-hybridized carbons (Fsp3) is 0.538. The minimum atomic E-state index is -0.410. The summed E-state index contributed by atoms with van der Waals surface area (Å²) in [7, 11) is 0. The van der Waals surface area contributed by atoms with Gasteiger partial charge in [0.2, 0.25) is 0 Å². The molecule has 16 heavy (non-hydrogen) atoms. The standard InChI is InChI=1S/C13H15BrO2/c1-9(14)8-13-6-5-11(15)7-10(13)3-2-4-12(13)16/h7H,1-6,8H2. The van der Waals surface area contributed by atoms with Crippen molar-refractivity contribution in [2.75, 3.05) is 0 Å². The molecule has 1 fully saturated rings. The van der Waals surface area contributed by atoms with Gasteiger partial charge >= 0.3 is 0 Å². The molecule has 0 saturated heterocycles. The predicted molar refractivity (Wildman–Crippen MR) is 66.3 cm³/mol. The molecule has 0 bridgehead atoms. The number of allylic oxidation sites excluding steroid dienone is 3. The van der Waals surface area contributed by atoms with E-state index < -0.39 is 5.41 Å². The summed E-state index contributed by atoms with van der Waals surface area (Å²) < 4.78 is 0.850. The number of carbonyl (C=O) groups is 2. The molecule has 0 aromatic carbocycles. The monoisotopic (exact) mass is 282 g/mol. The van der Waals surface area contributed by atoms with Crippen LogP contribution in [-0.2, 0) is 9.59 Å². The van der Waals surface area contributed by atoms with Crippen LogP contribution in [0.2, 0.25) is 0 Å². The number of ketones is 2. The van der Waals surface area contributed by atoms with Gasteiger partial charge in [-0.3, -0.25) is 9.59 Å². The molecule has 2 aliphatic rings. The first kappa shape index (κ1) is 11.8. The van der Waals surface area contributed by atoms with Crippen LogP contribution >= 0.6 is 15.9 Å². The van der Waals surface area contributed by atoms with Crippen molar-refractivity contribution in [1.29, 1.82) is 0 Å². The normalized spacial score (nSPS) is 29.7. The van der Waals surface area contributed by atoms with Crippen molar-refractivity contribution >= 4 is 27.5 Å². The first-order valence-corrected chi connectivity index (χ1v) is 6.44. The van der Waals surface area contributed by atoms with Crippen molar-refractivity contribution in [2.24, 2.45) is 5.41 Å². The third kappa shape index (κ3) is 1.93. The van der Waals surface area contributed by atoms with Gasteiger partial charge in [0.25, 0.3) is 0 Å². The lowest BCUT2D eigenvalue weighted by Crippen LogP contribution is -2.39. The minimum absolute atomic E-state index is 0.167. The molecule has 0 aromatic rings. The zero-order valence-electron chi connectivity index (χ0n) is 9.22. The van der Waals surface area contributed by atoms with Crippen LogP contribution < -0.4 is 0 Å². The average molecular weight is 283 g/mol. The molecule has 0 radical (unpaired) electrons. The Morgan fingerprint density at radius 2 is 2.12 bits per heavy atom. The van der Waals surface area contributed by atoms with E-state index in [0.29, 0.717) is 25.7 Å². The highest BCUT2D eigenvalue weighted by atomic mass is 79.9. The molecule has 1 saturated carbocycles. The van der Waals surface area contributed by atoms with Crippen molar-refractivity contribution in [3.63, 3.8) is 0 Å². The van der Waals surface area contributed by atoms with Crippen LogP contribution in [0, 0.1) is 5.41 Å². The number of halogens is 1. The maximum atomic E-state index is 12.2.